The number of sulfonamides is 1. The highest BCUT2D eigenvalue weighted by Crippen LogP contribution is 2.28. The summed E-state index contributed by atoms with van der Waals surface area (Å²) in [4.78, 5) is 12.5. The molecule has 2 N–H and O–H groups in total. The summed E-state index contributed by atoms with van der Waals surface area (Å²) in [5.74, 6) is 0.585. The SMILES string of the molecule is COc1ccc2oc(C(=O)NCc3cccc(NS(C)(=O)=O)c3)c(C)c2c1. The average Bonchev–Trinajstić information content (AvgIpc) is 2.95. The molecule has 1 amide bonds. The highest BCUT2D eigenvalue weighted by Gasteiger charge is 2.18. The number of benzene rings is 2. The van der Waals surface area contributed by atoms with Crippen molar-refractivity contribution in [1.29, 1.82) is 0 Å². The van der Waals surface area contributed by atoms with Crippen molar-refractivity contribution in [3.63, 3.8) is 0 Å². The van der Waals surface area contributed by atoms with Crippen LogP contribution in [0.25, 0.3) is 11.0 Å². The molecule has 0 aliphatic rings. The van der Waals surface area contributed by atoms with Crippen molar-refractivity contribution in [1.82, 2.24) is 5.32 Å². The number of furan rings is 1. The van der Waals surface area contributed by atoms with Gasteiger partial charge in [-0.25, -0.2) is 8.42 Å². The van der Waals surface area contributed by atoms with E-state index >= 15 is 0 Å². The van der Waals surface area contributed by atoms with Crippen LogP contribution in [0.1, 0.15) is 21.7 Å². The van der Waals surface area contributed by atoms with E-state index in [1.54, 1.807) is 43.5 Å². The van der Waals surface area contributed by atoms with Crippen LogP contribution >= 0.6 is 0 Å². The number of aryl methyl sites for hydroxylation is 1. The fourth-order valence-corrected chi connectivity index (χ4v) is 3.32. The lowest BCUT2D eigenvalue weighted by atomic mass is 10.1. The molecule has 3 rings (SSSR count). The zero-order valence-electron chi connectivity index (χ0n) is 15.2. The Balaban J connectivity index is 1.76. The Hall–Kier alpha value is -3.00. The standard InChI is InChI=1S/C19H20N2O5S/c1-12-16-10-15(25-2)7-8-17(16)26-18(12)19(22)20-11-13-5-4-6-14(9-13)21-27(3,23)24/h4-10,21H,11H2,1-3H3,(H,20,22). The Kier molecular flexibility index (Phi) is 5.09. The summed E-state index contributed by atoms with van der Waals surface area (Å²) in [6.45, 7) is 2.05. The maximum absolute atomic E-state index is 12.5. The fourth-order valence-electron chi connectivity index (χ4n) is 2.77. The number of methoxy groups -OCH3 is 1. The van der Waals surface area contributed by atoms with Crippen molar-refractivity contribution in [2.24, 2.45) is 0 Å². The maximum atomic E-state index is 12.5. The number of hydrogen-bond donors (Lipinski definition) is 2. The summed E-state index contributed by atoms with van der Waals surface area (Å²) >= 11 is 0. The number of ether oxygens (including phenoxy) is 1. The summed E-state index contributed by atoms with van der Waals surface area (Å²) in [5.41, 5.74) is 2.54. The van der Waals surface area contributed by atoms with Gasteiger partial charge in [0.05, 0.1) is 13.4 Å². The largest absolute Gasteiger partial charge is 0.497 e. The van der Waals surface area contributed by atoms with E-state index in [0.717, 1.165) is 22.8 Å². The number of amides is 1. The molecule has 142 valence electrons. The van der Waals surface area contributed by atoms with Crippen LogP contribution in [0.3, 0.4) is 0 Å². The first-order valence-corrected chi connectivity index (χ1v) is 10.1. The molecule has 0 saturated carbocycles. The van der Waals surface area contributed by atoms with Crippen molar-refractivity contribution >= 4 is 32.6 Å². The predicted octanol–water partition coefficient (Wildman–Crippen LogP) is 3.05. The van der Waals surface area contributed by atoms with Gasteiger partial charge in [-0.05, 0) is 42.8 Å². The van der Waals surface area contributed by atoms with Gasteiger partial charge in [-0.3, -0.25) is 9.52 Å². The second-order valence-electron chi connectivity index (χ2n) is 6.18. The second-order valence-corrected chi connectivity index (χ2v) is 7.92. The Labute approximate surface area is 157 Å². The molecule has 0 spiro atoms. The van der Waals surface area contributed by atoms with Gasteiger partial charge in [0.25, 0.3) is 5.91 Å². The molecule has 0 atom stereocenters. The topological polar surface area (TPSA) is 97.6 Å². The molecular weight excluding hydrogens is 368 g/mol. The monoisotopic (exact) mass is 388 g/mol. The molecule has 0 aliphatic heterocycles. The summed E-state index contributed by atoms with van der Waals surface area (Å²) in [7, 11) is -1.78. The molecule has 7 nitrogen and oxygen atoms in total. The van der Waals surface area contributed by atoms with Gasteiger partial charge in [0.1, 0.15) is 11.3 Å². The average molecular weight is 388 g/mol. The van der Waals surface area contributed by atoms with Gasteiger partial charge in [0.2, 0.25) is 10.0 Å². The number of nitrogens with one attached hydrogen (secondary N) is 2. The van der Waals surface area contributed by atoms with Crippen LogP contribution in [0.4, 0.5) is 5.69 Å². The second kappa shape index (κ2) is 7.32. The highest BCUT2D eigenvalue weighted by molar-refractivity contribution is 7.92. The first kappa shape index (κ1) is 18.8. The van der Waals surface area contributed by atoms with Crippen LogP contribution in [-0.4, -0.2) is 27.7 Å². The molecule has 0 aliphatic carbocycles. The van der Waals surface area contributed by atoms with Crippen LogP contribution in [0.2, 0.25) is 0 Å². The Morgan fingerprint density at radius 1 is 1.19 bits per heavy atom. The number of hydrogen-bond acceptors (Lipinski definition) is 5. The van der Waals surface area contributed by atoms with Gasteiger partial charge in [0.15, 0.2) is 5.76 Å². The van der Waals surface area contributed by atoms with Crippen LogP contribution in [-0.2, 0) is 16.6 Å². The molecule has 2 aromatic carbocycles. The van der Waals surface area contributed by atoms with E-state index in [2.05, 4.69) is 10.0 Å². The Morgan fingerprint density at radius 3 is 2.67 bits per heavy atom. The number of carbonyl (C=O) groups is 1. The summed E-state index contributed by atoms with van der Waals surface area (Å²) in [6, 6.07) is 12.2. The van der Waals surface area contributed by atoms with Gasteiger partial charge in [-0.15, -0.1) is 0 Å². The molecular formula is C19H20N2O5S. The van der Waals surface area contributed by atoms with Crippen molar-refractivity contribution in [3.05, 3.63) is 59.4 Å². The van der Waals surface area contributed by atoms with Crippen LogP contribution in [0.5, 0.6) is 5.75 Å². The molecule has 1 aromatic heterocycles. The minimum absolute atomic E-state index is 0.234. The van der Waals surface area contributed by atoms with Gasteiger partial charge in [0, 0.05) is 23.2 Å². The lowest BCUT2D eigenvalue weighted by molar-refractivity contribution is 0.0924. The van der Waals surface area contributed by atoms with E-state index in [1.165, 1.54) is 0 Å². The summed E-state index contributed by atoms with van der Waals surface area (Å²) in [5, 5.41) is 3.61. The zero-order valence-corrected chi connectivity index (χ0v) is 16.0. The number of anilines is 1. The molecule has 1 heterocycles. The van der Waals surface area contributed by atoms with Crippen LogP contribution in [0.15, 0.2) is 46.9 Å². The van der Waals surface area contributed by atoms with E-state index < -0.39 is 10.0 Å². The van der Waals surface area contributed by atoms with Gasteiger partial charge < -0.3 is 14.5 Å². The smallest absolute Gasteiger partial charge is 0.287 e. The lowest BCUT2D eigenvalue weighted by Gasteiger charge is -2.08. The number of fused-ring (bicyclic) bond motifs is 1. The minimum atomic E-state index is -3.36. The van der Waals surface area contributed by atoms with Gasteiger partial charge in [-0.2, -0.15) is 0 Å². The number of rotatable bonds is 6. The minimum Gasteiger partial charge on any atom is -0.497 e. The van der Waals surface area contributed by atoms with E-state index in [0.29, 0.717) is 17.0 Å². The summed E-state index contributed by atoms with van der Waals surface area (Å²) < 4.78 is 36.0. The fraction of sp³-hybridized carbons (Fsp3) is 0.211. The van der Waals surface area contributed by atoms with Gasteiger partial charge in [-0.1, -0.05) is 12.1 Å². The van der Waals surface area contributed by atoms with Crippen molar-refractivity contribution < 1.29 is 22.4 Å². The molecule has 0 bridgehead atoms. The van der Waals surface area contributed by atoms with E-state index in [9.17, 15) is 13.2 Å². The van der Waals surface area contributed by atoms with Gasteiger partial charge >= 0.3 is 0 Å². The van der Waals surface area contributed by atoms with Crippen molar-refractivity contribution in [2.75, 3.05) is 18.1 Å². The molecule has 0 saturated heterocycles. The third-order valence-electron chi connectivity index (χ3n) is 4.03. The first-order valence-electron chi connectivity index (χ1n) is 8.19. The molecule has 8 heteroatoms. The zero-order chi connectivity index (χ0) is 19.6. The predicted molar refractivity (Wildman–Crippen MR) is 104 cm³/mol. The summed E-state index contributed by atoms with van der Waals surface area (Å²) in [6.07, 6.45) is 1.08. The molecule has 27 heavy (non-hydrogen) atoms. The first-order chi connectivity index (χ1) is 12.8. The third-order valence-corrected chi connectivity index (χ3v) is 4.64. The van der Waals surface area contributed by atoms with E-state index in [1.807, 2.05) is 13.0 Å². The number of carbonyl (C=O) groups excluding carboxylic acids is 1. The third kappa shape index (κ3) is 4.40. The van der Waals surface area contributed by atoms with E-state index in [4.69, 9.17) is 9.15 Å². The maximum Gasteiger partial charge on any atom is 0.287 e. The van der Waals surface area contributed by atoms with E-state index in [-0.39, 0.29) is 18.2 Å². The molecule has 0 unspecified atom stereocenters. The highest BCUT2D eigenvalue weighted by atomic mass is 32.2. The lowest BCUT2D eigenvalue weighted by Crippen LogP contribution is -2.23. The Bertz CT molecular complexity index is 1100. The molecule has 3 aromatic rings. The normalized spacial score (nSPS) is 11.4. The molecule has 0 radical (unpaired) electrons. The Morgan fingerprint density at radius 2 is 1.96 bits per heavy atom. The van der Waals surface area contributed by atoms with Crippen molar-refractivity contribution in [3.8, 4) is 5.75 Å². The quantitative estimate of drug-likeness (QED) is 0.676. The van der Waals surface area contributed by atoms with Crippen LogP contribution < -0.4 is 14.8 Å². The van der Waals surface area contributed by atoms with Crippen molar-refractivity contribution in [2.45, 2.75) is 13.5 Å². The van der Waals surface area contributed by atoms with Crippen LogP contribution in [0, 0.1) is 6.92 Å². The molecule has 0 fully saturated rings.